The quantitative estimate of drug-likeness (QED) is 0.207. The third-order valence-corrected chi connectivity index (χ3v) is 6.19. The van der Waals surface area contributed by atoms with Gasteiger partial charge in [-0.1, -0.05) is 17.8 Å². The van der Waals surface area contributed by atoms with Gasteiger partial charge < -0.3 is 24.8 Å². The van der Waals surface area contributed by atoms with Crippen LogP contribution in [0.4, 0.5) is 5.95 Å². The fourth-order valence-electron chi connectivity index (χ4n) is 2.48. The van der Waals surface area contributed by atoms with Crippen LogP contribution in [-0.2, 0) is 15.8 Å². The first-order valence-corrected chi connectivity index (χ1v) is 12.0. The SMILES string of the molecule is CSc1ccc(C)cc1Sc1nc(N)nc2c1ncn2CCOCP(=O)(O)O. The molecule has 2 aromatic heterocycles. The molecule has 0 bridgehead atoms. The summed E-state index contributed by atoms with van der Waals surface area (Å²) in [6.45, 7) is 2.47. The molecule has 1 aromatic carbocycles. The van der Waals surface area contributed by atoms with Crippen molar-refractivity contribution in [2.24, 2.45) is 0 Å². The van der Waals surface area contributed by atoms with Crippen LogP contribution in [0.5, 0.6) is 0 Å². The molecule has 0 unspecified atom stereocenters. The van der Waals surface area contributed by atoms with Crippen molar-refractivity contribution >= 4 is 48.2 Å². The van der Waals surface area contributed by atoms with Gasteiger partial charge in [0.2, 0.25) is 5.95 Å². The number of aromatic nitrogens is 4. The molecule has 28 heavy (non-hydrogen) atoms. The van der Waals surface area contributed by atoms with E-state index in [9.17, 15) is 4.57 Å². The largest absolute Gasteiger partial charge is 0.368 e. The lowest BCUT2D eigenvalue weighted by Gasteiger charge is -2.09. The lowest BCUT2D eigenvalue weighted by Crippen LogP contribution is -2.07. The number of nitrogen functional groups attached to an aromatic ring is 1. The fraction of sp³-hybridized carbons (Fsp3) is 0.312. The summed E-state index contributed by atoms with van der Waals surface area (Å²) in [6.07, 6.45) is 2.99. The van der Waals surface area contributed by atoms with E-state index in [0.717, 1.165) is 15.4 Å². The zero-order valence-electron chi connectivity index (χ0n) is 15.3. The molecule has 150 valence electrons. The number of benzene rings is 1. The Bertz CT molecular complexity index is 1040. The number of hydrogen-bond donors (Lipinski definition) is 3. The summed E-state index contributed by atoms with van der Waals surface area (Å²) < 4.78 is 17.6. The lowest BCUT2D eigenvalue weighted by atomic mass is 10.2. The number of imidazole rings is 1. The number of nitrogens with zero attached hydrogens (tertiary/aromatic N) is 4. The van der Waals surface area contributed by atoms with Gasteiger partial charge in [-0.25, -0.2) is 9.97 Å². The zero-order chi connectivity index (χ0) is 20.3. The fourth-order valence-corrected chi connectivity index (χ4v) is 4.69. The standard InChI is InChI=1S/C16H20N5O4PS2/c1-10-3-4-11(27-2)12(7-10)28-15-13-14(19-16(17)20-15)21(8-18-13)5-6-25-9-26(22,23)24/h3-4,7-8H,5-6,9H2,1-2H3,(H2,17,19,20)(H2,22,23,24). The molecule has 0 fully saturated rings. The highest BCUT2D eigenvalue weighted by molar-refractivity contribution is 8.02. The molecule has 9 nitrogen and oxygen atoms in total. The predicted molar refractivity (Wildman–Crippen MR) is 110 cm³/mol. The molecule has 0 aliphatic carbocycles. The highest BCUT2D eigenvalue weighted by Gasteiger charge is 2.16. The predicted octanol–water partition coefficient (Wildman–Crippen LogP) is 2.74. The van der Waals surface area contributed by atoms with E-state index in [0.29, 0.717) is 22.7 Å². The normalized spacial score (nSPS) is 12.0. The number of anilines is 1. The number of nitrogens with two attached hydrogens (primary N) is 1. The van der Waals surface area contributed by atoms with Crippen LogP contribution in [0.1, 0.15) is 5.56 Å². The second-order valence-electron chi connectivity index (χ2n) is 5.96. The van der Waals surface area contributed by atoms with Gasteiger partial charge in [0.1, 0.15) is 16.9 Å². The second kappa shape index (κ2) is 8.81. The van der Waals surface area contributed by atoms with E-state index in [1.807, 2.05) is 13.2 Å². The summed E-state index contributed by atoms with van der Waals surface area (Å²) in [5, 5.41) is 0.651. The van der Waals surface area contributed by atoms with Crippen molar-refractivity contribution in [3.63, 3.8) is 0 Å². The van der Waals surface area contributed by atoms with Crippen LogP contribution in [0.25, 0.3) is 11.2 Å². The summed E-state index contributed by atoms with van der Waals surface area (Å²) >= 11 is 3.13. The Morgan fingerprint density at radius 2 is 2.07 bits per heavy atom. The van der Waals surface area contributed by atoms with E-state index < -0.39 is 13.9 Å². The molecule has 0 aliphatic rings. The smallest absolute Gasteiger partial charge is 0.350 e. The summed E-state index contributed by atoms with van der Waals surface area (Å²) in [7, 11) is -4.18. The molecule has 0 radical (unpaired) electrons. The number of thioether (sulfide) groups is 1. The van der Waals surface area contributed by atoms with E-state index in [1.165, 1.54) is 11.8 Å². The van der Waals surface area contributed by atoms with E-state index in [2.05, 4.69) is 33.2 Å². The number of aryl methyl sites for hydroxylation is 1. The summed E-state index contributed by atoms with van der Waals surface area (Å²) in [5.41, 5.74) is 8.21. The van der Waals surface area contributed by atoms with Crippen LogP contribution in [0.2, 0.25) is 0 Å². The molecule has 0 amide bonds. The highest BCUT2D eigenvalue weighted by Crippen LogP contribution is 2.37. The average molecular weight is 441 g/mol. The van der Waals surface area contributed by atoms with Crippen LogP contribution in [0.3, 0.4) is 0 Å². The Balaban J connectivity index is 1.86. The van der Waals surface area contributed by atoms with Gasteiger partial charge in [-0.05, 0) is 30.9 Å². The number of rotatable bonds is 8. The number of hydrogen-bond acceptors (Lipinski definition) is 8. The van der Waals surface area contributed by atoms with Crippen molar-refractivity contribution in [3.05, 3.63) is 30.1 Å². The van der Waals surface area contributed by atoms with Crippen LogP contribution in [-0.4, -0.2) is 48.5 Å². The van der Waals surface area contributed by atoms with Gasteiger partial charge in [0, 0.05) is 16.3 Å². The molecule has 2 heterocycles. The van der Waals surface area contributed by atoms with E-state index >= 15 is 0 Å². The maximum Gasteiger partial charge on any atom is 0.350 e. The van der Waals surface area contributed by atoms with Crippen molar-refractivity contribution in [2.45, 2.75) is 28.3 Å². The molecular weight excluding hydrogens is 421 g/mol. The van der Waals surface area contributed by atoms with Crippen molar-refractivity contribution in [1.29, 1.82) is 0 Å². The molecule has 3 rings (SSSR count). The molecular formula is C16H20N5O4PS2. The summed E-state index contributed by atoms with van der Waals surface area (Å²) in [6, 6.07) is 6.22. The second-order valence-corrected chi connectivity index (χ2v) is 9.42. The maximum atomic E-state index is 10.9. The first kappa shape index (κ1) is 21.1. The van der Waals surface area contributed by atoms with Gasteiger partial charge >= 0.3 is 7.60 Å². The molecule has 12 heteroatoms. The lowest BCUT2D eigenvalue weighted by molar-refractivity contribution is 0.149. The van der Waals surface area contributed by atoms with Crippen LogP contribution in [0.15, 0.2) is 39.3 Å². The molecule has 4 N–H and O–H groups in total. The van der Waals surface area contributed by atoms with Gasteiger partial charge in [-0.3, -0.25) is 4.57 Å². The van der Waals surface area contributed by atoms with E-state index in [4.69, 9.17) is 20.3 Å². The molecule has 0 saturated heterocycles. The van der Waals surface area contributed by atoms with Gasteiger partial charge in [-0.2, -0.15) is 4.98 Å². The monoisotopic (exact) mass is 441 g/mol. The average Bonchev–Trinajstić information content (AvgIpc) is 3.01. The van der Waals surface area contributed by atoms with Crippen molar-refractivity contribution in [2.75, 3.05) is 24.9 Å². The third kappa shape index (κ3) is 5.25. The van der Waals surface area contributed by atoms with E-state index in [1.54, 1.807) is 22.7 Å². The van der Waals surface area contributed by atoms with Gasteiger partial charge in [0.05, 0.1) is 12.9 Å². The molecule has 0 spiro atoms. The van der Waals surface area contributed by atoms with Gasteiger partial charge in [0.15, 0.2) is 5.65 Å². The first-order valence-electron chi connectivity index (χ1n) is 8.20. The molecule has 0 atom stereocenters. The van der Waals surface area contributed by atoms with Gasteiger partial charge in [0.25, 0.3) is 0 Å². The van der Waals surface area contributed by atoms with Crippen LogP contribution < -0.4 is 5.73 Å². The Kier molecular flexibility index (Phi) is 6.64. The number of fused-ring (bicyclic) bond motifs is 1. The Labute approximate surface area is 170 Å². The topological polar surface area (TPSA) is 136 Å². The molecule has 3 aromatic rings. The van der Waals surface area contributed by atoms with Gasteiger partial charge in [-0.15, -0.1) is 11.8 Å². The van der Waals surface area contributed by atoms with Crippen molar-refractivity contribution in [1.82, 2.24) is 19.5 Å². The first-order chi connectivity index (χ1) is 13.3. The maximum absolute atomic E-state index is 10.9. The molecule has 0 aliphatic heterocycles. The summed E-state index contributed by atoms with van der Waals surface area (Å²) in [4.78, 5) is 32.9. The minimum absolute atomic E-state index is 0.109. The molecule has 0 saturated carbocycles. The minimum Gasteiger partial charge on any atom is -0.368 e. The third-order valence-electron chi connectivity index (χ3n) is 3.71. The summed E-state index contributed by atoms with van der Waals surface area (Å²) in [5.74, 6) is 0.131. The highest BCUT2D eigenvalue weighted by atomic mass is 32.2. The van der Waals surface area contributed by atoms with Crippen molar-refractivity contribution in [3.8, 4) is 0 Å². The Morgan fingerprint density at radius 1 is 1.29 bits per heavy atom. The van der Waals surface area contributed by atoms with Crippen LogP contribution >= 0.6 is 31.1 Å². The van der Waals surface area contributed by atoms with Crippen molar-refractivity contribution < 1.29 is 19.1 Å². The van der Waals surface area contributed by atoms with E-state index in [-0.39, 0.29) is 12.6 Å². The van der Waals surface area contributed by atoms with Crippen LogP contribution in [0, 0.1) is 6.92 Å². The minimum atomic E-state index is -4.18. The Morgan fingerprint density at radius 3 is 2.79 bits per heavy atom. The number of ether oxygens (including phenoxy) is 1. The zero-order valence-corrected chi connectivity index (χ0v) is 17.8. The Hall–Kier alpha value is -1.62.